The first-order valence-electron chi connectivity index (χ1n) is 6.22. The first-order chi connectivity index (χ1) is 9.60. The summed E-state index contributed by atoms with van der Waals surface area (Å²) in [7, 11) is 0. The molecule has 0 atom stereocenters. The topological polar surface area (TPSA) is 21.3 Å². The van der Waals surface area contributed by atoms with Crippen LogP contribution in [0.25, 0.3) is 0 Å². The summed E-state index contributed by atoms with van der Waals surface area (Å²) < 4.78 is 19.4. The van der Waals surface area contributed by atoms with Crippen molar-refractivity contribution in [2.24, 2.45) is 0 Å². The van der Waals surface area contributed by atoms with Crippen LogP contribution < -0.4 is 10.1 Å². The summed E-state index contributed by atoms with van der Waals surface area (Å²) in [6, 6.07) is 9.65. The quantitative estimate of drug-likeness (QED) is 0.835. The largest absolute Gasteiger partial charge is 0.453 e. The number of rotatable bonds is 5. The second-order valence-corrected chi connectivity index (χ2v) is 5.07. The summed E-state index contributed by atoms with van der Waals surface area (Å²) in [5, 5.41) is 3.98. The summed E-state index contributed by atoms with van der Waals surface area (Å²) in [6.07, 6.45) is 0. The Labute approximate surface area is 127 Å². The lowest BCUT2D eigenvalue weighted by Gasteiger charge is -2.10. The monoisotopic (exact) mass is 313 g/mol. The number of nitrogens with one attached hydrogen (secondary N) is 1. The van der Waals surface area contributed by atoms with Crippen LogP contribution in [0.5, 0.6) is 11.5 Å². The lowest BCUT2D eigenvalue weighted by atomic mass is 10.2. The molecule has 1 N–H and O–H groups in total. The van der Waals surface area contributed by atoms with Gasteiger partial charge in [0.25, 0.3) is 0 Å². The summed E-state index contributed by atoms with van der Waals surface area (Å²) in [6.45, 7) is 3.45. The van der Waals surface area contributed by atoms with Crippen molar-refractivity contribution >= 4 is 23.2 Å². The molecular weight excluding hydrogens is 300 g/mol. The highest BCUT2D eigenvalue weighted by Crippen LogP contribution is 2.32. The van der Waals surface area contributed by atoms with Crippen LogP contribution in [0.1, 0.15) is 12.5 Å². The van der Waals surface area contributed by atoms with Crippen LogP contribution in [-0.4, -0.2) is 6.54 Å². The maximum absolute atomic E-state index is 14.0. The zero-order valence-electron chi connectivity index (χ0n) is 10.9. The molecule has 0 aromatic heterocycles. The maximum atomic E-state index is 14.0. The molecule has 2 aromatic rings. The number of ether oxygens (including phenoxy) is 1. The van der Waals surface area contributed by atoms with E-state index in [9.17, 15) is 4.39 Å². The SMILES string of the molecule is CCNCc1ccc(Oc2ccc(Cl)cc2Cl)c(F)c1. The lowest BCUT2D eigenvalue weighted by Crippen LogP contribution is -2.11. The molecule has 2 nitrogen and oxygen atoms in total. The Morgan fingerprint density at radius 1 is 1.10 bits per heavy atom. The molecule has 2 rings (SSSR count). The van der Waals surface area contributed by atoms with E-state index in [0.29, 0.717) is 22.3 Å². The highest BCUT2D eigenvalue weighted by Gasteiger charge is 2.09. The normalized spacial score (nSPS) is 10.6. The van der Waals surface area contributed by atoms with Crippen LogP contribution in [0.2, 0.25) is 10.0 Å². The molecule has 106 valence electrons. The smallest absolute Gasteiger partial charge is 0.166 e. The zero-order chi connectivity index (χ0) is 14.5. The van der Waals surface area contributed by atoms with E-state index >= 15 is 0 Å². The van der Waals surface area contributed by atoms with Crippen LogP contribution in [-0.2, 0) is 6.54 Å². The predicted molar refractivity (Wildman–Crippen MR) is 80.3 cm³/mol. The van der Waals surface area contributed by atoms with Crippen LogP contribution in [0, 0.1) is 5.82 Å². The number of hydrogen-bond acceptors (Lipinski definition) is 2. The second kappa shape index (κ2) is 6.93. The van der Waals surface area contributed by atoms with Crippen molar-refractivity contribution in [3.63, 3.8) is 0 Å². The Balaban J connectivity index is 2.17. The first kappa shape index (κ1) is 15.1. The Bertz CT molecular complexity index is 604. The summed E-state index contributed by atoms with van der Waals surface area (Å²) >= 11 is 11.8. The van der Waals surface area contributed by atoms with Gasteiger partial charge in [-0.05, 0) is 42.4 Å². The van der Waals surface area contributed by atoms with Crippen molar-refractivity contribution in [3.05, 3.63) is 57.8 Å². The van der Waals surface area contributed by atoms with Gasteiger partial charge in [0.05, 0.1) is 5.02 Å². The Hall–Kier alpha value is -1.29. The van der Waals surface area contributed by atoms with Crippen molar-refractivity contribution in [2.45, 2.75) is 13.5 Å². The highest BCUT2D eigenvalue weighted by molar-refractivity contribution is 6.35. The van der Waals surface area contributed by atoms with Gasteiger partial charge in [-0.3, -0.25) is 0 Å². The molecule has 5 heteroatoms. The van der Waals surface area contributed by atoms with Crippen molar-refractivity contribution in [1.82, 2.24) is 5.32 Å². The van der Waals surface area contributed by atoms with Gasteiger partial charge in [-0.1, -0.05) is 36.2 Å². The number of benzene rings is 2. The molecule has 20 heavy (non-hydrogen) atoms. The molecule has 0 unspecified atom stereocenters. The predicted octanol–water partition coefficient (Wildman–Crippen LogP) is 5.03. The average Bonchev–Trinajstić information content (AvgIpc) is 2.42. The fourth-order valence-electron chi connectivity index (χ4n) is 1.68. The lowest BCUT2D eigenvalue weighted by molar-refractivity contribution is 0.441. The molecule has 0 aliphatic heterocycles. The minimum Gasteiger partial charge on any atom is -0.453 e. The van der Waals surface area contributed by atoms with Gasteiger partial charge >= 0.3 is 0 Å². The van der Waals surface area contributed by atoms with E-state index in [2.05, 4.69) is 5.32 Å². The first-order valence-corrected chi connectivity index (χ1v) is 6.97. The van der Waals surface area contributed by atoms with Gasteiger partial charge in [-0.25, -0.2) is 4.39 Å². The van der Waals surface area contributed by atoms with E-state index in [0.717, 1.165) is 12.1 Å². The molecule has 0 amide bonds. The Kier molecular flexibility index (Phi) is 5.24. The molecular formula is C15H14Cl2FNO. The van der Waals surface area contributed by atoms with Gasteiger partial charge in [0.2, 0.25) is 0 Å². The molecule has 0 aliphatic carbocycles. The minimum atomic E-state index is -0.425. The molecule has 2 aromatic carbocycles. The second-order valence-electron chi connectivity index (χ2n) is 4.22. The fraction of sp³-hybridized carbons (Fsp3) is 0.200. The van der Waals surface area contributed by atoms with Crippen molar-refractivity contribution in [3.8, 4) is 11.5 Å². The highest BCUT2D eigenvalue weighted by atomic mass is 35.5. The van der Waals surface area contributed by atoms with E-state index in [1.807, 2.05) is 13.0 Å². The maximum Gasteiger partial charge on any atom is 0.166 e. The van der Waals surface area contributed by atoms with Gasteiger partial charge in [-0.2, -0.15) is 0 Å². The van der Waals surface area contributed by atoms with E-state index in [1.165, 1.54) is 6.07 Å². The Morgan fingerprint density at radius 3 is 2.50 bits per heavy atom. The third-order valence-electron chi connectivity index (χ3n) is 2.69. The Morgan fingerprint density at radius 2 is 1.85 bits per heavy atom. The van der Waals surface area contributed by atoms with Gasteiger partial charge in [0.15, 0.2) is 11.6 Å². The van der Waals surface area contributed by atoms with Gasteiger partial charge < -0.3 is 10.1 Å². The molecule has 0 radical (unpaired) electrons. The van der Waals surface area contributed by atoms with Crippen LogP contribution in [0.15, 0.2) is 36.4 Å². The molecule has 0 bridgehead atoms. The van der Waals surface area contributed by atoms with E-state index in [1.54, 1.807) is 24.3 Å². The molecule has 0 saturated heterocycles. The molecule has 0 saturated carbocycles. The van der Waals surface area contributed by atoms with Crippen molar-refractivity contribution in [2.75, 3.05) is 6.54 Å². The van der Waals surface area contributed by atoms with Crippen LogP contribution in [0.4, 0.5) is 4.39 Å². The summed E-state index contributed by atoms with van der Waals surface area (Å²) in [5.74, 6) is 0.0790. The number of halogens is 3. The molecule has 0 heterocycles. The summed E-state index contributed by atoms with van der Waals surface area (Å²) in [4.78, 5) is 0. The average molecular weight is 314 g/mol. The molecule has 0 fully saturated rings. The summed E-state index contributed by atoms with van der Waals surface area (Å²) in [5.41, 5.74) is 0.860. The van der Waals surface area contributed by atoms with Crippen LogP contribution >= 0.6 is 23.2 Å². The van der Waals surface area contributed by atoms with Gasteiger partial charge in [0.1, 0.15) is 5.75 Å². The fourth-order valence-corrected chi connectivity index (χ4v) is 2.13. The number of hydrogen-bond donors (Lipinski definition) is 1. The molecule has 0 aliphatic rings. The minimum absolute atomic E-state index is 0.134. The van der Waals surface area contributed by atoms with E-state index in [4.69, 9.17) is 27.9 Å². The van der Waals surface area contributed by atoms with E-state index < -0.39 is 5.82 Å². The van der Waals surface area contributed by atoms with E-state index in [-0.39, 0.29) is 5.75 Å². The van der Waals surface area contributed by atoms with Crippen molar-refractivity contribution < 1.29 is 9.13 Å². The molecule has 0 spiro atoms. The standard InChI is InChI=1S/C15H14Cl2FNO/c1-2-19-9-10-3-5-15(13(18)7-10)20-14-6-4-11(16)8-12(14)17/h3-8,19H,2,9H2,1H3. The third kappa shape index (κ3) is 3.85. The van der Waals surface area contributed by atoms with Crippen LogP contribution in [0.3, 0.4) is 0 Å². The van der Waals surface area contributed by atoms with Gasteiger partial charge in [0, 0.05) is 11.6 Å². The zero-order valence-corrected chi connectivity index (χ0v) is 12.4. The van der Waals surface area contributed by atoms with Crippen molar-refractivity contribution in [1.29, 1.82) is 0 Å². The van der Waals surface area contributed by atoms with Gasteiger partial charge in [-0.15, -0.1) is 0 Å². The third-order valence-corrected chi connectivity index (χ3v) is 3.22.